The highest BCUT2D eigenvalue weighted by atomic mass is 32.2. The molecule has 10 heavy (non-hydrogen) atoms. The smallest absolute Gasteiger partial charge is 0.0861 e. The second-order valence-corrected chi connectivity index (χ2v) is 5.11. The summed E-state index contributed by atoms with van der Waals surface area (Å²) in [6.45, 7) is 6.12. The molecule has 0 amide bonds. The van der Waals surface area contributed by atoms with E-state index in [1.807, 2.05) is 0 Å². The highest BCUT2D eigenvalue weighted by Crippen LogP contribution is 2.23. The van der Waals surface area contributed by atoms with E-state index >= 15 is 0 Å². The molecule has 62 valence electrons. The second-order valence-electron chi connectivity index (χ2n) is 3.26. The first-order valence-electron chi connectivity index (χ1n) is 3.38. The fourth-order valence-corrected chi connectivity index (χ4v) is 1.20. The van der Waals surface area contributed by atoms with Crippen LogP contribution in [0.2, 0.25) is 0 Å². The van der Waals surface area contributed by atoms with Gasteiger partial charge in [-0.1, -0.05) is 20.8 Å². The highest BCUT2D eigenvalue weighted by molar-refractivity contribution is 8.00. The molecule has 0 aromatic carbocycles. The van der Waals surface area contributed by atoms with Crippen molar-refractivity contribution in [1.82, 2.24) is 0 Å². The molecular formula is C7H16O2S. The van der Waals surface area contributed by atoms with Gasteiger partial charge in [-0.05, 0) is 0 Å². The van der Waals surface area contributed by atoms with Gasteiger partial charge in [0.25, 0.3) is 0 Å². The Hall–Kier alpha value is 0.270. The van der Waals surface area contributed by atoms with Crippen LogP contribution in [-0.2, 0) is 0 Å². The molecule has 0 aliphatic carbocycles. The summed E-state index contributed by atoms with van der Waals surface area (Å²) in [5, 5.41) is 17.4. The number of hydrogen-bond acceptors (Lipinski definition) is 3. The van der Waals surface area contributed by atoms with E-state index in [0.29, 0.717) is 5.75 Å². The Morgan fingerprint density at radius 3 is 2.20 bits per heavy atom. The third-order valence-electron chi connectivity index (χ3n) is 0.919. The molecule has 0 bridgehead atoms. The Morgan fingerprint density at radius 2 is 1.90 bits per heavy atom. The third-order valence-corrected chi connectivity index (χ3v) is 2.34. The molecule has 0 saturated carbocycles. The quantitative estimate of drug-likeness (QED) is 0.650. The van der Waals surface area contributed by atoms with Crippen LogP contribution >= 0.6 is 11.8 Å². The molecule has 0 aromatic heterocycles. The van der Waals surface area contributed by atoms with Gasteiger partial charge in [0.05, 0.1) is 12.7 Å². The predicted molar refractivity (Wildman–Crippen MR) is 45.3 cm³/mol. The third kappa shape index (κ3) is 6.39. The van der Waals surface area contributed by atoms with E-state index in [1.54, 1.807) is 11.8 Å². The van der Waals surface area contributed by atoms with Crippen LogP contribution in [-0.4, -0.2) is 33.4 Å². The molecule has 0 heterocycles. The molecule has 0 aromatic rings. The van der Waals surface area contributed by atoms with Gasteiger partial charge in [0.1, 0.15) is 0 Å². The molecule has 0 rings (SSSR count). The van der Waals surface area contributed by atoms with Gasteiger partial charge in [-0.3, -0.25) is 0 Å². The van der Waals surface area contributed by atoms with Crippen LogP contribution in [0.1, 0.15) is 20.8 Å². The van der Waals surface area contributed by atoms with E-state index in [2.05, 4.69) is 20.8 Å². The molecule has 0 aliphatic heterocycles. The van der Waals surface area contributed by atoms with E-state index in [1.165, 1.54) is 0 Å². The van der Waals surface area contributed by atoms with Gasteiger partial charge in [-0.25, -0.2) is 0 Å². The van der Waals surface area contributed by atoms with Crippen LogP contribution in [0.4, 0.5) is 0 Å². The largest absolute Gasteiger partial charge is 0.394 e. The Morgan fingerprint density at radius 1 is 1.40 bits per heavy atom. The lowest BCUT2D eigenvalue weighted by Gasteiger charge is -2.18. The minimum atomic E-state index is -0.566. The van der Waals surface area contributed by atoms with Gasteiger partial charge in [0, 0.05) is 10.5 Å². The molecule has 2 nitrogen and oxygen atoms in total. The summed E-state index contributed by atoms with van der Waals surface area (Å²) in [4.78, 5) is 0. The first-order chi connectivity index (χ1) is 4.45. The maximum Gasteiger partial charge on any atom is 0.0861 e. The maximum atomic E-state index is 8.95. The summed E-state index contributed by atoms with van der Waals surface area (Å²) in [6, 6.07) is 0. The van der Waals surface area contributed by atoms with E-state index in [4.69, 9.17) is 10.2 Å². The van der Waals surface area contributed by atoms with Gasteiger partial charge < -0.3 is 10.2 Å². The Labute approximate surface area is 66.6 Å². The lowest BCUT2D eigenvalue weighted by molar-refractivity contribution is 0.113. The van der Waals surface area contributed by atoms with Crippen molar-refractivity contribution in [3.8, 4) is 0 Å². The number of rotatable bonds is 3. The van der Waals surface area contributed by atoms with Gasteiger partial charge in [-0.15, -0.1) is 0 Å². The van der Waals surface area contributed by atoms with Crippen molar-refractivity contribution in [1.29, 1.82) is 0 Å². The van der Waals surface area contributed by atoms with Gasteiger partial charge in [0.2, 0.25) is 0 Å². The van der Waals surface area contributed by atoms with Crippen molar-refractivity contribution in [2.45, 2.75) is 31.6 Å². The van der Waals surface area contributed by atoms with Crippen LogP contribution in [0.3, 0.4) is 0 Å². The number of aliphatic hydroxyl groups excluding tert-OH is 2. The zero-order chi connectivity index (χ0) is 8.20. The zero-order valence-electron chi connectivity index (χ0n) is 6.79. The fourth-order valence-electron chi connectivity index (χ4n) is 0.399. The fraction of sp³-hybridized carbons (Fsp3) is 1.00. The van der Waals surface area contributed by atoms with E-state index in [9.17, 15) is 0 Å². The average Bonchev–Trinajstić information content (AvgIpc) is 1.81. The molecule has 0 fully saturated rings. The van der Waals surface area contributed by atoms with Crippen LogP contribution in [0, 0.1) is 0 Å². The summed E-state index contributed by atoms with van der Waals surface area (Å²) in [6.07, 6.45) is -0.566. The highest BCUT2D eigenvalue weighted by Gasteiger charge is 2.12. The molecule has 0 saturated heterocycles. The standard InChI is InChI=1S/C7H16O2S/c1-7(2,3)10-5-6(9)4-8/h6,8-9H,4-5H2,1-3H3. The Kier molecular flexibility index (Phi) is 4.32. The van der Waals surface area contributed by atoms with E-state index in [0.717, 1.165) is 0 Å². The summed E-state index contributed by atoms with van der Waals surface area (Å²) >= 11 is 1.66. The zero-order valence-corrected chi connectivity index (χ0v) is 7.61. The molecular weight excluding hydrogens is 148 g/mol. The van der Waals surface area contributed by atoms with Crippen LogP contribution < -0.4 is 0 Å². The van der Waals surface area contributed by atoms with Crippen molar-refractivity contribution in [3.63, 3.8) is 0 Å². The summed E-state index contributed by atoms with van der Waals surface area (Å²) in [5.74, 6) is 0.611. The molecule has 0 aliphatic rings. The molecule has 1 unspecified atom stereocenters. The van der Waals surface area contributed by atoms with Crippen LogP contribution in [0.25, 0.3) is 0 Å². The van der Waals surface area contributed by atoms with E-state index < -0.39 is 6.10 Å². The van der Waals surface area contributed by atoms with Crippen molar-refractivity contribution < 1.29 is 10.2 Å². The van der Waals surface area contributed by atoms with Gasteiger partial charge in [-0.2, -0.15) is 11.8 Å². The lowest BCUT2D eigenvalue weighted by Crippen LogP contribution is -2.19. The monoisotopic (exact) mass is 164 g/mol. The molecule has 0 spiro atoms. The van der Waals surface area contributed by atoms with Gasteiger partial charge >= 0.3 is 0 Å². The van der Waals surface area contributed by atoms with Crippen LogP contribution in [0.15, 0.2) is 0 Å². The van der Waals surface area contributed by atoms with E-state index in [-0.39, 0.29) is 11.4 Å². The molecule has 3 heteroatoms. The SMILES string of the molecule is CC(C)(C)SCC(O)CO. The van der Waals surface area contributed by atoms with Gasteiger partial charge in [0.15, 0.2) is 0 Å². The maximum absolute atomic E-state index is 8.95. The second kappa shape index (κ2) is 4.21. The predicted octanol–water partition coefficient (Wildman–Crippen LogP) is 0.871. The van der Waals surface area contributed by atoms with Crippen LogP contribution in [0.5, 0.6) is 0 Å². The molecule has 0 radical (unpaired) electrons. The molecule has 2 N–H and O–H groups in total. The van der Waals surface area contributed by atoms with Crippen molar-refractivity contribution in [2.24, 2.45) is 0 Å². The summed E-state index contributed by atoms with van der Waals surface area (Å²) in [5.41, 5.74) is 0. The first kappa shape index (κ1) is 10.3. The Bertz CT molecular complexity index is 88.1. The normalized spacial score (nSPS) is 15.3. The average molecular weight is 164 g/mol. The minimum Gasteiger partial charge on any atom is -0.394 e. The first-order valence-corrected chi connectivity index (χ1v) is 4.37. The molecule has 1 atom stereocenters. The minimum absolute atomic E-state index is 0.136. The topological polar surface area (TPSA) is 40.5 Å². The lowest BCUT2D eigenvalue weighted by atomic mass is 10.3. The number of aliphatic hydroxyl groups is 2. The number of thioether (sulfide) groups is 1. The Balaban J connectivity index is 3.36. The summed E-state index contributed by atoms with van der Waals surface area (Å²) < 4.78 is 0.177. The number of hydrogen-bond donors (Lipinski definition) is 2. The van der Waals surface area contributed by atoms with Crippen molar-refractivity contribution in [2.75, 3.05) is 12.4 Å². The van der Waals surface area contributed by atoms with Crippen molar-refractivity contribution in [3.05, 3.63) is 0 Å². The van der Waals surface area contributed by atoms with Crippen molar-refractivity contribution >= 4 is 11.8 Å². The summed E-state index contributed by atoms with van der Waals surface area (Å²) in [7, 11) is 0.